The van der Waals surface area contributed by atoms with Crippen molar-refractivity contribution in [3.8, 4) is 11.5 Å². The Bertz CT molecular complexity index is 1420. The largest absolute Gasteiger partial charge is 0.506 e. The highest BCUT2D eigenvalue weighted by atomic mass is 79.9. The monoisotopic (exact) mass is 597 g/mol. The number of aliphatic imine (C=N–C) groups is 1. The van der Waals surface area contributed by atoms with Gasteiger partial charge in [-0.2, -0.15) is 0 Å². The molecule has 6 nitrogen and oxygen atoms in total. The molecule has 0 unspecified atom stereocenters. The van der Waals surface area contributed by atoms with E-state index in [0.29, 0.717) is 49.3 Å². The van der Waals surface area contributed by atoms with Gasteiger partial charge in [0, 0.05) is 10.0 Å². The molecule has 3 aromatic carbocycles. The van der Waals surface area contributed by atoms with Gasteiger partial charge in [0.05, 0.1) is 23.8 Å². The first-order valence-corrected chi connectivity index (χ1v) is 13.5. The fourth-order valence-corrected chi connectivity index (χ4v) is 5.03. The zero-order valence-electron chi connectivity index (χ0n) is 20.7. The summed E-state index contributed by atoms with van der Waals surface area (Å²) in [6.07, 6.45) is 1.72. The minimum atomic E-state index is -0.651. The van der Waals surface area contributed by atoms with Crippen molar-refractivity contribution in [3.05, 3.63) is 104 Å². The molecule has 0 atom stereocenters. The lowest BCUT2D eigenvalue weighted by Gasteiger charge is -2.14. The van der Waals surface area contributed by atoms with Crippen molar-refractivity contribution in [1.82, 2.24) is 0 Å². The molecular formula is C29H25BrFNO5S. The molecule has 38 heavy (non-hydrogen) atoms. The molecule has 0 saturated heterocycles. The van der Waals surface area contributed by atoms with Crippen molar-refractivity contribution in [1.29, 1.82) is 0 Å². The summed E-state index contributed by atoms with van der Waals surface area (Å²) < 4.78 is 31.5. The SMILES string of the molecule is CCOC(=O)C1=C(O)/C(=C/c2cc(OCC)c(OCc3ccccc3F)cc2Br)SC1=Nc1ccccc1. The molecule has 0 bridgehead atoms. The number of rotatable bonds is 9. The van der Waals surface area contributed by atoms with E-state index in [1.165, 1.54) is 6.07 Å². The van der Waals surface area contributed by atoms with Crippen LogP contribution in [0.25, 0.3) is 6.08 Å². The van der Waals surface area contributed by atoms with Gasteiger partial charge in [0.15, 0.2) is 11.5 Å². The normalized spacial score (nSPS) is 15.3. The lowest BCUT2D eigenvalue weighted by molar-refractivity contribution is -0.138. The lowest BCUT2D eigenvalue weighted by atomic mass is 10.1. The number of nitrogens with zero attached hydrogens (tertiary/aromatic N) is 1. The second-order valence-electron chi connectivity index (χ2n) is 7.94. The van der Waals surface area contributed by atoms with E-state index in [1.54, 1.807) is 55.5 Å². The van der Waals surface area contributed by atoms with Crippen LogP contribution in [-0.2, 0) is 16.1 Å². The number of hydrogen-bond acceptors (Lipinski definition) is 7. The number of benzene rings is 3. The first kappa shape index (κ1) is 27.5. The molecule has 0 radical (unpaired) electrons. The van der Waals surface area contributed by atoms with E-state index < -0.39 is 5.97 Å². The fourth-order valence-electron chi connectivity index (χ4n) is 3.57. The van der Waals surface area contributed by atoms with E-state index in [1.807, 2.05) is 25.1 Å². The van der Waals surface area contributed by atoms with Crippen LogP contribution in [0, 0.1) is 5.82 Å². The number of carbonyl (C=O) groups is 1. The molecule has 3 aromatic rings. The summed E-state index contributed by atoms with van der Waals surface area (Å²) in [7, 11) is 0. The van der Waals surface area contributed by atoms with E-state index in [9.17, 15) is 14.3 Å². The number of thioether (sulfide) groups is 1. The highest BCUT2D eigenvalue weighted by molar-refractivity contribution is 9.10. The zero-order chi connectivity index (χ0) is 27.1. The van der Waals surface area contributed by atoms with Crippen LogP contribution in [-0.4, -0.2) is 29.3 Å². The van der Waals surface area contributed by atoms with E-state index >= 15 is 0 Å². The van der Waals surface area contributed by atoms with Gasteiger partial charge in [-0.3, -0.25) is 0 Å². The summed E-state index contributed by atoms with van der Waals surface area (Å²) in [4.78, 5) is 17.7. The van der Waals surface area contributed by atoms with Crippen molar-refractivity contribution in [3.63, 3.8) is 0 Å². The summed E-state index contributed by atoms with van der Waals surface area (Å²) in [5, 5.41) is 11.3. The molecule has 0 aliphatic carbocycles. The number of aliphatic hydroxyl groups excluding tert-OH is 1. The van der Waals surface area contributed by atoms with E-state index in [2.05, 4.69) is 20.9 Å². The third kappa shape index (κ3) is 6.46. The highest BCUT2D eigenvalue weighted by Crippen LogP contribution is 2.42. The second kappa shape index (κ2) is 12.8. The molecule has 1 aliphatic heterocycles. The van der Waals surface area contributed by atoms with Gasteiger partial charge in [-0.15, -0.1) is 0 Å². The molecule has 0 amide bonds. The molecule has 196 valence electrons. The quantitative estimate of drug-likeness (QED) is 0.254. The van der Waals surface area contributed by atoms with Crippen LogP contribution < -0.4 is 9.47 Å². The number of ether oxygens (including phenoxy) is 3. The Labute approximate surface area is 233 Å². The number of esters is 1. The van der Waals surface area contributed by atoms with Crippen LogP contribution in [0.4, 0.5) is 10.1 Å². The molecule has 1 heterocycles. The predicted octanol–water partition coefficient (Wildman–Crippen LogP) is 7.76. The number of hydrogen-bond donors (Lipinski definition) is 1. The van der Waals surface area contributed by atoms with E-state index in [0.717, 1.165) is 11.8 Å². The Morgan fingerprint density at radius 1 is 1.03 bits per heavy atom. The number of halogens is 2. The summed E-state index contributed by atoms with van der Waals surface area (Å²) in [6.45, 7) is 4.12. The smallest absolute Gasteiger partial charge is 0.344 e. The fraction of sp³-hybridized carbons (Fsp3) is 0.172. The van der Waals surface area contributed by atoms with Crippen LogP contribution in [0.1, 0.15) is 25.0 Å². The molecule has 4 rings (SSSR count). The Kier molecular flexibility index (Phi) is 9.25. The minimum Gasteiger partial charge on any atom is -0.506 e. The standard InChI is InChI=1S/C29H25BrFNO5S/c1-3-35-23-14-19(21(30)16-24(23)37-17-18-10-8-9-13-22(18)31)15-25-27(33)26(29(34)36-4-2)28(38-25)32-20-11-6-5-7-12-20/h5-16,33H,3-4,17H2,1-2H3/b25-15-,32-28?. The number of aliphatic hydroxyl groups is 1. The molecule has 0 spiro atoms. The van der Waals surface area contributed by atoms with Crippen LogP contribution in [0.5, 0.6) is 11.5 Å². The van der Waals surface area contributed by atoms with Gasteiger partial charge >= 0.3 is 5.97 Å². The van der Waals surface area contributed by atoms with Crippen molar-refractivity contribution >= 4 is 50.5 Å². The summed E-state index contributed by atoms with van der Waals surface area (Å²) in [6, 6.07) is 19.0. The van der Waals surface area contributed by atoms with Crippen molar-refractivity contribution in [2.45, 2.75) is 20.5 Å². The molecule has 9 heteroatoms. The first-order valence-electron chi connectivity index (χ1n) is 11.9. The van der Waals surface area contributed by atoms with Crippen LogP contribution in [0.3, 0.4) is 0 Å². The summed E-state index contributed by atoms with van der Waals surface area (Å²) >= 11 is 4.72. The van der Waals surface area contributed by atoms with Crippen LogP contribution >= 0.6 is 27.7 Å². The Morgan fingerprint density at radius 3 is 2.45 bits per heavy atom. The van der Waals surface area contributed by atoms with Gasteiger partial charge in [-0.05, 0) is 55.8 Å². The van der Waals surface area contributed by atoms with Crippen LogP contribution in [0.2, 0.25) is 0 Å². The zero-order valence-corrected chi connectivity index (χ0v) is 23.1. The Balaban J connectivity index is 1.69. The predicted molar refractivity (Wildman–Crippen MR) is 151 cm³/mol. The van der Waals surface area contributed by atoms with Gasteiger partial charge in [-0.25, -0.2) is 14.2 Å². The molecule has 0 aromatic heterocycles. The maximum Gasteiger partial charge on any atom is 0.344 e. The van der Waals surface area contributed by atoms with Crippen molar-refractivity contribution < 1.29 is 28.5 Å². The second-order valence-corrected chi connectivity index (χ2v) is 9.83. The molecule has 1 N–H and O–H groups in total. The average Bonchev–Trinajstić information content (AvgIpc) is 3.20. The summed E-state index contributed by atoms with van der Waals surface area (Å²) in [5.41, 5.74) is 1.75. The van der Waals surface area contributed by atoms with Crippen LogP contribution in [0.15, 0.2) is 92.4 Å². The van der Waals surface area contributed by atoms with E-state index in [-0.39, 0.29) is 30.4 Å². The topological polar surface area (TPSA) is 77.4 Å². The van der Waals surface area contributed by atoms with Gasteiger partial charge in [0.25, 0.3) is 0 Å². The van der Waals surface area contributed by atoms with Gasteiger partial charge in [0.2, 0.25) is 0 Å². The Hall–Kier alpha value is -3.56. The Morgan fingerprint density at radius 2 is 1.74 bits per heavy atom. The van der Waals surface area contributed by atoms with Crippen molar-refractivity contribution in [2.75, 3.05) is 13.2 Å². The molecule has 1 aliphatic rings. The number of para-hydroxylation sites is 1. The first-order chi connectivity index (χ1) is 18.4. The van der Waals surface area contributed by atoms with E-state index in [4.69, 9.17) is 14.2 Å². The van der Waals surface area contributed by atoms with Gasteiger partial charge in [-0.1, -0.05) is 64.1 Å². The van der Waals surface area contributed by atoms with Crippen molar-refractivity contribution in [2.24, 2.45) is 4.99 Å². The third-order valence-electron chi connectivity index (χ3n) is 5.35. The third-order valence-corrected chi connectivity index (χ3v) is 7.05. The highest BCUT2D eigenvalue weighted by Gasteiger charge is 2.33. The average molecular weight is 598 g/mol. The maximum absolute atomic E-state index is 14.1. The lowest BCUT2D eigenvalue weighted by Crippen LogP contribution is -2.12. The molecule has 0 fully saturated rings. The minimum absolute atomic E-state index is 0.0120. The molecular weight excluding hydrogens is 573 g/mol. The maximum atomic E-state index is 14.1. The summed E-state index contributed by atoms with van der Waals surface area (Å²) in [5.74, 6) is -0.332. The molecule has 0 saturated carbocycles. The van der Waals surface area contributed by atoms with Gasteiger partial charge in [0.1, 0.15) is 28.8 Å². The number of carbonyl (C=O) groups excluding carboxylic acids is 1. The van der Waals surface area contributed by atoms with Gasteiger partial charge < -0.3 is 19.3 Å².